The van der Waals surface area contributed by atoms with Gasteiger partial charge in [0, 0.05) is 11.3 Å². The van der Waals surface area contributed by atoms with E-state index in [2.05, 4.69) is 19.4 Å². The Morgan fingerprint density at radius 1 is 1.23 bits per heavy atom. The molecule has 0 unspecified atom stereocenters. The fraction of sp³-hybridized carbons (Fsp3) is 0.556. The molecule has 4 nitrogen and oxygen atoms in total. The number of likely N-dealkylation sites (N-methyl/N-ethyl adjacent to an activating group) is 1. The van der Waals surface area contributed by atoms with Crippen molar-refractivity contribution in [2.75, 3.05) is 19.4 Å². The van der Waals surface area contributed by atoms with E-state index in [-0.39, 0.29) is 17.7 Å². The minimum absolute atomic E-state index is 0.00575. The van der Waals surface area contributed by atoms with Crippen LogP contribution in [0, 0.1) is 0 Å². The summed E-state index contributed by atoms with van der Waals surface area (Å²) >= 11 is 0. The minimum Gasteiger partial charge on any atom is -0.321 e. The van der Waals surface area contributed by atoms with Gasteiger partial charge in [-0.15, -0.1) is 0 Å². The first kappa shape index (κ1) is 16.7. The van der Waals surface area contributed by atoms with E-state index >= 15 is 0 Å². The molecule has 0 aliphatic heterocycles. The van der Waals surface area contributed by atoms with Gasteiger partial charge in [0.2, 0.25) is 0 Å². The minimum atomic E-state index is -0.121. The quantitative estimate of drug-likeness (QED) is 0.670. The van der Waals surface area contributed by atoms with Gasteiger partial charge in [0.25, 0.3) is 5.91 Å². The van der Waals surface area contributed by atoms with Crippen molar-refractivity contribution >= 4 is 17.4 Å². The van der Waals surface area contributed by atoms with Crippen molar-refractivity contribution in [3.63, 3.8) is 0 Å². The number of benzene rings is 1. The fourth-order valence-electron chi connectivity index (χ4n) is 3.25. The van der Waals surface area contributed by atoms with E-state index in [4.69, 9.17) is 0 Å². The van der Waals surface area contributed by atoms with E-state index in [1.54, 1.807) is 18.2 Å². The maximum atomic E-state index is 12.6. The first-order valence-electron chi connectivity index (χ1n) is 8.07. The normalized spacial score (nSPS) is 17.3. The smallest absolute Gasteiger partial charge is 0.282 e. The van der Waals surface area contributed by atoms with Gasteiger partial charge in [-0.05, 0) is 51.7 Å². The summed E-state index contributed by atoms with van der Waals surface area (Å²) in [5, 5.41) is 2.96. The predicted molar refractivity (Wildman–Crippen MR) is 88.9 cm³/mol. The summed E-state index contributed by atoms with van der Waals surface area (Å²) in [5.74, 6) is 0.0174. The number of nitrogens with zero attached hydrogens (tertiary/aromatic N) is 1. The van der Waals surface area contributed by atoms with Crippen LogP contribution in [0.25, 0.3) is 0 Å². The number of amides is 1. The lowest BCUT2D eigenvalue weighted by Gasteiger charge is -2.40. The third-order valence-corrected chi connectivity index (χ3v) is 5.18. The molecule has 1 aliphatic rings. The Kier molecular flexibility index (Phi) is 5.01. The maximum Gasteiger partial charge on any atom is 0.282 e. The second kappa shape index (κ2) is 6.61. The highest BCUT2D eigenvalue weighted by atomic mass is 16.2. The number of anilines is 1. The monoisotopic (exact) mass is 303 g/mol. The van der Waals surface area contributed by atoms with Crippen LogP contribution in [-0.2, 0) is 4.79 Å². The molecule has 1 aliphatic carbocycles. The molecule has 0 bridgehead atoms. The molecule has 1 N–H and O–H groups in total. The van der Waals surface area contributed by atoms with E-state index in [9.17, 15) is 9.59 Å². The molecule has 1 saturated carbocycles. The molecule has 0 heterocycles. The molecule has 1 fully saturated rings. The molecule has 0 saturated heterocycles. The van der Waals surface area contributed by atoms with Gasteiger partial charge in [0.1, 0.15) is 0 Å². The van der Waals surface area contributed by atoms with Gasteiger partial charge in [-0.3, -0.25) is 9.59 Å². The van der Waals surface area contributed by atoms with Crippen LogP contribution in [0.5, 0.6) is 0 Å². The average molecular weight is 303 g/mol. The Hall–Kier alpha value is -1.68. The van der Waals surface area contributed by atoms with E-state index in [0.717, 1.165) is 4.48 Å². The van der Waals surface area contributed by atoms with E-state index in [1.165, 1.54) is 32.6 Å². The number of Topliss-reactive ketones (excluding diaryl/α,β-unsaturated/α-hetero) is 1. The van der Waals surface area contributed by atoms with Gasteiger partial charge in [-0.2, -0.15) is 0 Å². The summed E-state index contributed by atoms with van der Waals surface area (Å²) in [4.78, 5) is 24.0. The first-order chi connectivity index (χ1) is 10.3. The number of hydrogen-bond acceptors (Lipinski definition) is 2. The van der Waals surface area contributed by atoms with Crippen LogP contribution in [0.1, 0.15) is 49.9 Å². The van der Waals surface area contributed by atoms with E-state index in [1.807, 2.05) is 13.0 Å². The van der Waals surface area contributed by atoms with Crippen molar-refractivity contribution in [1.82, 2.24) is 0 Å². The van der Waals surface area contributed by atoms with Gasteiger partial charge in [0.05, 0.1) is 20.1 Å². The highest BCUT2D eigenvalue weighted by Gasteiger charge is 2.39. The topological polar surface area (TPSA) is 46.2 Å². The number of ketones is 1. The molecule has 22 heavy (non-hydrogen) atoms. The fourth-order valence-corrected chi connectivity index (χ4v) is 3.25. The van der Waals surface area contributed by atoms with Crippen molar-refractivity contribution in [3.8, 4) is 0 Å². The molecule has 4 heteroatoms. The number of carbonyl (C=O) groups is 2. The van der Waals surface area contributed by atoms with E-state index in [0.29, 0.717) is 17.3 Å². The molecule has 0 aromatic heterocycles. The zero-order valence-corrected chi connectivity index (χ0v) is 14.1. The lowest BCUT2D eigenvalue weighted by atomic mass is 10.1. The molecule has 0 radical (unpaired) electrons. The van der Waals surface area contributed by atoms with Crippen molar-refractivity contribution in [2.45, 2.75) is 51.6 Å². The van der Waals surface area contributed by atoms with Crippen molar-refractivity contribution in [1.29, 1.82) is 0 Å². The van der Waals surface area contributed by atoms with Crippen molar-refractivity contribution in [3.05, 3.63) is 29.8 Å². The predicted octanol–water partition coefficient (Wildman–Crippen LogP) is 3.24. The van der Waals surface area contributed by atoms with Crippen molar-refractivity contribution in [2.24, 2.45) is 0 Å². The molecule has 120 valence electrons. The van der Waals surface area contributed by atoms with Crippen LogP contribution in [0.3, 0.4) is 0 Å². The lowest BCUT2D eigenvalue weighted by molar-refractivity contribution is -0.927. The SMILES string of the molecule is CC(=O)c1cccc(NC(=O)[C@@H](C)[N+](C)(C)C2CCCC2)c1. The largest absolute Gasteiger partial charge is 0.321 e. The van der Waals surface area contributed by atoms with Crippen LogP contribution < -0.4 is 5.32 Å². The number of hydrogen-bond donors (Lipinski definition) is 1. The van der Waals surface area contributed by atoms with Gasteiger partial charge < -0.3 is 9.80 Å². The molecular weight excluding hydrogens is 276 g/mol. The van der Waals surface area contributed by atoms with Crippen LogP contribution >= 0.6 is 0 Å². The Morgan fingerprint density at radius 3 is 2.45 bits per heavy atom. The molecule has 1 aromatic carbocycles. The third kappa shape index (κ3) is 3.55. The zero-order chi connectivity index (χ0) is 16.3. The van der Waals surface area contributed by atoms with Crippen LogP contribution in [0.4, 0.5) is 5.69 Å². The lowest BCUT2D eigenvalue weighted by Crippen LogP contribution is -2.57. The molecular formula is C18H27N2O2+. The summed E-state index contributed by atoms with van der Waals surface area (Å²) < 4.78 is 0.720. The Labute approximate surface area is 133 Å². The molecule has 1 aromatic rings. The first-order valence-corrected chi connectivity index (χ1v) is 8.07. The van der Waals surface area contributed by atoms with Crippen LogP contribution in [-0.4, -0.2) is 42.4 Å². The molecule has 1 atom stereocenters. The van der Waals surface area contributed by atoms with E-state index < -0.39 is 0 Å². The summed E-state index contributed by atoms with van der Waals surface area (Å²) in [5.41, 5.74) is 1.31. The molecule has 0 spiro atoms. The van der Waals surface area contributed by atoms with Crippen LogP contribution in [0.15, 0.2) is 24.3 Å². The van der Waals surface area contributed by atoms with Gasteiger partial charge in [-0.25, -0.2) is 0 Å². The number of nitrogens with one attached hydrogen (secondary N) is 1. The average Bonchev–Trinajstić information content (AvgIpc) is 3.01. The Balaban J connectivity index is 2.07. The Morgan fingerprint density at radius 2 is 1.86 bits per heavy atom. The molecule has 2 rings (SSSR count). The third-order valence-electron chi connectivity index (χ3n) is 5.18. The van der Waals surface area contributed by atoms with Gasteiger partial charge in [-0.1, -0.05) is 12.1 Å². The number of carbonyl (C=O) groups excluding carboxylic acids is 2. The summed E-state index contributed by atoms with van der Waals surface area (Å²) in [6.45, 7) is 3.52. The Bertz CT molecular complexity index is 560. The van der Waals surface area contributed by atoms with Crippen LogP contribution in [0.2, 0.25) is 0 Å². The van der Waals surface area contributed by atoms with Gasteiger partial charge in [0.15, 0.2) is 11.8 Å². The molecule has 1 amide bonds. The second-order valence-corrected chi connectivity index (χ2v) is 6.87. The summed E-state index contributed by atoms with van der Waals surface area (Å²) in [6, 6.07) is 7.57. The standard InChI is InChI=1S/C18H26N2O2/c1-13(20(3,4)17-10-5-6-11-17)18(22)19-16-9-7-8-15(12-16)14(2)21/h7-9,12-13,17H,5-6,10-11H2,1-4H3/p+1/t13-/m1/s1. The highest BCUT2D eigenvalue weighted by molar-refractivity contribution is 5.98. The maximum absolute atomic E-state index is 12.6. The number of rotatable bonds is 5. The second-order valence-electron chi connectivity index (χ2n) is 6.87. The number of quaternary nitrogens is 1. The van der Waals surface area contributed by atoms with Crippen molar-refractivity contribution < 1.29 is 14.1 Å². The zero-order valence-electron chi connectivity index (χ0n) is 14.1. The highest BCUT2D eigenvalue weighted by Crippen LogP contribution is 2.29. The van der Waals surface area contributed by atoms with Gasteiger partial charge >= 0.3 is 0 Å². The summed E-state index contributed by atoms with van der Waals surface area (Å²) in [6.07, 6.45) is 4.93. The summed E-state index contributed by atoms with van der Waals surface area (Å²) in [7, 11) is 4.29.